The third-order valence-corrected chi connectivity index (χ3v) is 6.28. The standard InChI is InChI=1S/C29H32N2O5/c1-4-35-27-14-13-19(15-20(27)17-31(2)3)16-26(28(32)33)30-29(34)36-18-25-23-11-7-5-9-21(23)22-10-6-8-12-24(22)25/h5-15,25-26H,4,16-18H2,1-3H3,(H,30,34)(H,32,33). The van der Waals surface area contributed by atoms with Crippen LogP contribution in [0.5, 0.6) is 5.75 Å². The molecular weight excluding hydrogens is 456 g/mol. The van der Waals surface area contributed by atoms with Crippen LogP contribution in [0.25, 0.3) is 11.1 Å². The molecule has 0 heterocycles. The predicted molar refractivity (Wildman–Crippen MR) is 138 cm³/mol. The van der Waals surface area contributed by atoms with Gasteiger partial charge in [0.25, 0.3) is 0 Å². The minimum Gasteiger partial charge on any atom is -0.494 e. The number of fused-ring (bicyclic) bond motifs is 3. The fourth-order valence-corrected chi connectivity index (χ4v) is 4.74. The van der Waals surface area contributed by atoms with E-state index < -0.39 is 18.1 Å². The van der Waals surface area contributed by atoms with Crippen molar-refractivity contribution in [3.05, 3.63) is 89.0 Å². The summed E-state index contributed by atoms with van der Waals surface area (Å²) in [5.41, 5.74) is 6.23. The molecule has 2 N–H and O–H groups in total. The van der Waals surface area contributed by atoms with Crippen molar-refractivity contribution >= 4 is 12.1 Å². The second kappa shape index (κ2) is 11.3. The summed E-state index contributed by atoms with van der Waals surface area (Å²) >= 11 is 0. The number of alkyl carbamates (subject to hydrolysis) is 1. The maximum Gasteiger partial charge on any atom is 0.407 e. The number of carboxylic acid groups (broad SMARTS) is 1. The van der Waals surface area contributed by atoms with Crippen molar-refractivity contribution in [2.75, 3.05) is 27.3 Å². The molecule has 3 aromatic rings. The Kier molecular flexibility index (Phi) is 7.90. The van der Waals surface area contributed by atoms with E-state index in [-0.39, 0.29) is 18.9 Å². The van der Waals surface area contributed by atoms with Crippen molar-refractivity contribution < 1.29 is 24.2 Å². The van der Waals surface area contributed by atoms with Crippen LogP contribution in [0, 0.1) is 0 Å². The molecule has 0 fully saturated rings. The third kappa shape index (κ3) is 5.69. The van der Waals surface area contributed by atoms with E-state index in [1.165, 1.54) is 0 Å². The predicted octanol–water partition coefficient (Wildman–Crippen LogP) is 4.68. The second-order valence-corrected chi connectivity index (χ2v) is 9.18. The molecule has 1 amide bonds. The number of carbonyl (C=O) groups excluding carboxylic acids is 1. The van der Waals surface area contributed by atoms with E-state index >= 15 is 0 Å². The van der Waals surface area contributed by atoms with Gasteiger partial charge >= 0.3 is 12.1 Å². The zero-order chi connectivity index (χ0) is 25.7. The van der Waals surface area contributed by atoms with Gasteiger partial charge in [0.1, 0.15) is 18.4 Å². The van der Waals surface area contributed by atoms with E-state index in [4.69, 9.17) is 9.47 Å². The number of carboxylic acids is 1. The molecule has 4 rings (SSSR count). The van der Waals surface area contributed by atoms with Gasteiger partial charge in [0, 0.05) is 24.4 Å². The van der Waals surface area contributed by atoms with Crippen molar-refractivity contribution in [2.45, 2.75) is 31.8 Å². The highest BCUT2D eigenvalue weighted by atomic mass is 16.5. The van der Waals surface area contributed by atoms with Crippen LogP contribution < -0.4 is 10.1 Å². The Labute approximate surface area is 211 Å². The second-order valence-electron chi connectivity index (χ2n) is 9.18. The summed E-state index contributed by atoms with van der Waals surface area (Å²) in [7, 11) is 3.92. The van der Waals surface area contributed by atoms with Crippen molar-refractivity contribution in [2.24, 2.45) is 0 Å². The lowest BCUT2D eigenvalue weighted by molar-refractivity contribution is -0.139. The van der Waals surface area contributed by atoms with Crippen molar-refractivity contribution in [1.82, 2.24) is 10.2 Å². The fraction of sp³-hybridized carbons (Fsp3) is 0.310. The minimum atomic E-state index is -1.12. The first-order chi connectivity index (χ1) is 17.4. The van der Waals surface area contributed by atoms with Crippen LogP contribution in [0.2, 0.25) is 0 Å². The first-order valence-corrected chi connectivity index (χ1v) is 12.1. The summed E-state index contributed by atoms with van der Waals surface area (Å²) in [5, 5.41) is 12.3. The van der Waals surface area contributed by atoms with Gasteiger partial charge in [-0.2, -0.15) is 0 Å². The van der Waals surface area contributed by atoms with E-state index in [9.17, 15) is 14.7 Å². The molecule has 7 nitrogen and oxygen atoms in total. The highest BCUT2D eigenvalue weighted by Gasteiger charge is 2.30. The molecule has 0 bridgehead atoms. The number of ether oxygens (including phenoxy) is 2. The lowest BCUT2D eigenvalue weighted by Crippen LogP contribution is -2.43. The fourth-order valence-electron chi connectivity index (χ4n) is 4.74. The van der Waals surface area contributed by atoms with Gasteiger partial charge in [-0.25, -0.2) is 9.59 Å². The van der Waals surface area contributed by atoms with Crippen LogP contribution >= 0.6 is 0 Å². The first kappa shape index (κ1) is 25.3. The van der Waals surface area contributed by atoms with Crippen LogP contribution in [-0.2, 0) is 22.5 Å². The molecule has 0 radical (unpaired) electrons. The Bertz CT molecular complexity index is 1190. The smallest absolute Gasteiger partial charge is 0.407 e. The molecule has 0 saturated heterocycles. The summed E-state index contributed by atoms with van der Waals surface area (Å²) in [4.78, 5) is 26.6. The average Bonchev–Trinajstić information content (AvgIpc) is 3.17. The Hall–Kier alpha value is -3.84. The molecule has 1 aliphatic carbocycles. The number of rotatable bonds is 10. The average molecular weight is 489 g/mol. The summed E-state index contributed by atoms with van der Waals surface area (Å²) in [6, 6.07) is 20.6. The molecule has 0 spiro atoms. The Balaban J connectivity index is 1.43. The van der Waals surface area contributed by atoms with Crippen LogP contribution in [0.4, 0.5) is 4.79 Å². The summed E-state index contributed by atoms with van der Waals surface area (Å²) in [6.07, 6.45) is -0.615. The Morgan fingerprint density at radius 2 is 1.64 bits per heavy atom. The maximum atomic E-state index is 12.7. The molecule has 0 aromatic heterocycles. The van der Waals surface area contributed by atoms with Gasteiger partial charge in [0.2, 0.25) is 0 Å². The van der Waals surface area contributed by atoms with Crippen molar-refractivity contribution in [3.63, 3.8) is 0 Å². The van der Waals surface area contributed by atoms with E-state index in [0.717, 1.165) is 39.1 Å². The molecule has 1 unspecified atom stereocenters. The quantitative estimate of drug-likeness (QED) is 0.431. The highest BCUT2D eigenvalue weighted by molar-refractivity contribution is 5.81. The van der Waals surface area contributed by atoms with Crippen molar-refractivity contribution in [3.8, 4) is 16.9 Å². The molecule has 3 aromatic carbocycles. The third-order valence-electron chi connectivity index (χ3n) is 6.28. The minimum absolute atomic E-state index is 0.0915. The van der Waals surface area contributed by atoms with Gasteiger partial charge in [-0.05, 0) is 54.9 Å². The molecule has 188 valence electrons. The number of hydrogen-bond acceptors (Lipinski definition) is 5. The molecular formula is C29H32N2O5. The van der Waals surface area contributed by atoms with Gasteiger partial charge in [-0.3, -0.25) is 0 Å². The van der Waals surface area contributed by atoms with E-state index in [1.807, 2.05) is 80.5 Å². The lowest BCUT2D eigenvalue weighted by atomic mass is 9.98. The number of aliphatic carboxylic acids is 1. The number of carbonyl (C=O) groups is 2. The van der Waals surface area contributed by atoms with E-state index in [2.05, 4.69) is 17.4 Å². The van der Waals surface area contributed by atoms with E-state index in [1.54, 1.807) is 0 Å². The van der Waals surface area contributed by atoms with Crippen molar-refractivity contribution in [1.29, 1.82) is 0 Å². The molecule has 1 aliphatic rings. The number of hydrogen-bond donors (Lipinski definition) is 2. The molecule has 0 aliphatic heterocycles. The van der Waals surface area contributed by atoms with Gasteiger partial charge in [-0.15, -0.1) is 0 Å². The van der Waals surface area contributed by atoms with Gasteiger partial charge in [0.05, 0.1) is 6.61 Å². The van der Waals surface area contributed by atoms with Crippen LogP contribution in [0.1, 0.15) is 35.1 Å². The SMILES string of the molecule is CCOc1ccc(CC(NC(=O)OCC2c3ccccc3-c3ccccc32)C(=O)O)cc1CN(C)C. The van der Waals surface area contributed by atoms with Crippen LogP contribution in [-0.4, -0.2) is 55.4 Å². The molecule has 1 atom stereocenters. The largest absolute Gasteiger partial charge is 0.494 e. The van der Waals surface area contributed by atoms with Crippen LogP contribution in [0.15, 0.2) is 66.7 Å². The monoisotopic (exact) mass is 488 g/mol. The normalized spacial score (nSPS) is 13.1. The lowest BCUT2D eigenvalue weighted by Gasteiger charge is -2.19. The Morgan fingerprint density at radius 1 is 1.00 bits per heavy atom. The van der Waals surface area contributed by atoms with Gasteiger partial charge < -0.3 is 24.8 Å². The number of nitrogens with one attached hydrogen (secondary N) is 1. The number of amides is 1. The highest BCUT2D eigenvalue weighted by Crippen LogP contribution is 2.44. The molecule has 7 heteroatoms. The zero-order valence-electron chi connectivity index (χ0n) is 20.9. The number of nitrogens with zero attached hydrogens (tertiary/aromatic N) is 1. The summed E-state index contributed by atoms with van der Waals surface area (Å²) in [6.45, 7) is 3.25. The van der Waals surface area contributed by atoms with Gasteiger partial charge in [-0.1, -0.05) is 60.7 Å². The summed E-state index contributed by atoms with van der Waals surface area (Å²) in [5.74, 6) is -0.441. The van der Waals surface area contributed by atoms with Gasteiger partial charge in [0.15, 0.2) is 0 Å². The first-order valence-electron chi connectivity index (χ1n) is 12.1. The Morgan fingerprint density at radius 3 is 2.22 bits per heavy atom. The maximum absolute atomic E-state index is 12.7. The van der Waals surface area contributed by atoms with E-state index in [0.29, 0.717) is 13.2 Å². The molecule has 0 saturated carbocycles. The molecule has 36 heavy (non-hydrogen) atoms. The van der Waals surface area contributed by atoms with Crippen LogP contribution in [0.3, 0.4) is 0 Å². The number of benzene rings is 3. The zero-order valence-corrected chi connectivity index (χ0v) is 20.9. The summed E-state index contributed by atoms with van der Waals surface area (Å²) < 4.78 is 11.3. The topological polar surface area (TPSA) is 88.1 Å².